The maximum Gasteiger partial charge on any atom is 0.255 e. The van der Waals surface area contributed by atoms with Gasteiger partial charge in [0.15, 0.2) is 0 Å². The Balaban J connectivity index is 1.43. The van der Waals surface area contributed by atoms with Crippen LogP contribution in [0.4, 0.5) is 23.1 Å². The number of benzene rings is 1. The molecule has 31 heavy (non-hydrogen) atoms. The average Bonchev–Trinajstić information content (AvgIpc) is 2.82. The number of amides is 1. The highest BCUT2D eigenvalue weighted by Crippen LogP contribution is 2.12. The minimum Gasteiger partial charge on any atom is -0.395 e. The van der Waals surface area contributed by atoms with E-state index < -0.39 is 0 Å². The summed E-state index contributed by atoms with van der Waals surface area (Å²) in [4.78, 5) is 24.8. The summed E-state index contributed by atoms with van der Waals surface area (Å²) in [5, 5.41) is 29.6. The molecule has 0 aliphatic heterocycles. The van der Waals surface area contributed by atoms with E-state index in [2.05, 4.69) is 36.2 Å². The Kier molecular flexibility index (Phi) is 7.68. The number of pyridine rings is 1. The molecule has 0 unspecified atom stereocenters. The number of nitrogens with one attached hydrogen (secondary N) is 4. The minimum atomic E-state index is -0.267. The number of rotatable bonds is 10. The van der Waals surface area contributed by atoms with Gasteiger partial charge in [0.05, 0.1) is 30.3 Å². The Morgan fingerprint density at radius 2 is 1.61 bits per heavy atom. The fourth-order valence-corrected chi connectivity index (χ4v) is 2.56. The highest BCUT2D eigenvalue weighted by Gasteiger charge is 2.07. The van der Waals surface area contributed by atoms with Gasteiger partial charge in [-0.15, -0.1) is 0 Å². The lowest BCUT2D eigenvalue weighted by molar-refractivity contribution is 0.102. The van der Waals surface area contributed by atoms with Crippen molar-refractivity contribution in [2.24, 2.45) is 0 Å². The number of hydrogen-bond acceptors (Lipinski definition) is 9. The molecule has 0 bridgehead atoms. The first kappa shape index (κ1) is 21.5. The molecule has 0 atom stereocenters. The molecule has 0 saturated heterocycles. The molecule has 3 rings (SSSR count). The number of anilines is 4. The molecule has 0 aliphatic rings. The van der Waals surface area contributed by atoms with E-state index in [-0.39, 0.29) is 12.5 Å². The van der Waals surface area contributed by atoms with Crippen molar-refractivity contribution >= 4 is 29.0 Å². The molecule has 0 fully saturated rings. The van der Waals surface area contributed by atoms with Crippen LogP contribution in [-0.2, 0) is 0 Å². The standard InChI is InChI=1S/C21H22N8O2/c22-11-15-1-6-19(26-12-15)24-7-8-25-21-27-13-18(14-28-21)29-20(31)16-2-4-17(5-3-16)23-9-10-30/h1-6,12-14,23,30H,7-10H2,(H,24,26)(H,29,31)(H,25,27,28). The first-order chi connectivity index (χ1) is 15.2. The molecular formula is C21H22N8O2. The van der Waals surface area contributed by atoms with E-state index >= 15 is 0 Å². The lowest BCUT2D eigenvalue weighted by Gasteiger charge is -2.09. The van der Waals surface area contributed by atoms with E-state index in [1.807, 2.05) is 6.07 Å². The topological polar surface area (TPSA) is 148 Å². The zero-order valence-electron chi connectivity index (χ0n) is 16.7. The molecule has 10 nitrogen and oxygen atoms in total. The lowest BCUT2D eigenvalue weighted by Crippen LogP contribution is -2.16. The van der Waals surface area contributed by atoms with Gasteiger partial charge in [-0.25, -0.2) is 15.0 Å². The third-order valence-electron chi connectivity index (χ3n) is 4.10. The fourth-order valence-electron chi connectivity index (χ4n) is 2.56. The van der Waals surface area contributed by atoms with Crippen LogP contribution in [0.3, 0.4) is 0 Å². The van der Waals surface area contributed by atoms with Gasteiger partial charge in [-0.2, -0.15) is 5.26 Å². The Morgan fingerprint density at radius 3 is 2.26 bits per heavy atom. The first-order valence-electron chi connectivity index (χ1n) is 9.60. The van der Waals surface area contributed by atoms with Crippen LogP contribution in [0.2, 0.25) is 0 Å². The van der Waals surface area contributed by atoms with E-state index in [9.17, 15) is 4.79 Å². The van der Waals surface area contributed by atoms with Crippen molar-refractivity contribution in [3.63, 3.8) is 0 Å². The van der Waals surface area contributed by atoms with Gasteiger partial charge in [0.25, 0.3) is 5.91 Å². The largest absolute Gasteiger partial charge is 0.395 e. The van der Waals surface area contributed by atoms with Gasteiger partial charge < -0.3 is 26.4 Å². The highest BCUT2D eigenvalue weighted by molar-refractivity contribution is 6.04. The smallest absolute Gasteiger partial charge is 0.255 e. The Hall–Kier alpha value is -4.23. The second-order valence-corrected chi connectivity index (χ2v) is 6.37. The molecule has 1 aromatic carbocycles. The Labute approximate surface area is 179 Å². The molecule has 0 aliphatic carbocycles. The molecule has 2 heterocycles. The quantitative estimate of drug-likeness (QED) is 0.311. The molecule has 0 spiro atoms. The maximum absolute atomic E-state index is 12.3. The molecule has 10 heteroatoms. The zero-order valence-corrected chi connectivity index (χ0v) is 16.7. The summed E-state index contributed by atoms with van der Waals surface area (Å²) in [6.45, 7) is 1.64. The van der Waals surface area contributed by atoms with E-state index in [0.717, 1.165) is 5.69 Å². The highest BCUT2D eigenvalue weighted by atomic mass is 16.3. The van der Waals surface area contributed by atoms with Crippen LogP contribution < -0.4 is 21.3 Å². The number of hydrogen-bond donors (Lipinski definition) is 5. The summed E-state index contributed by atoms with van der Waals surface area (Å²) >= 11 is 0. The van der Waals surface area contributed by atoms with Gasteiger partial charge in [0, 0.05) is 37.1 Å². The van der Waals surface area contributed by atoms with Crippen molar-refractivity contribution in [3.8, 4) is 6.07 Å². The van der Waals surface area contributed by atoms with Gasteiger partial charge in [-0.1, -0.05) is 0 Å². The first-order valence-corrected chi connectivity index (χ1v) is 9.60. The zero-order chi connectivity index (χ0) is 21.9. The number of aliphatic hydroxyl groups excluding tert-OH is 1. The van der Waals surface area contributed by atoms with Gasteiger partial charge in [-0.3, -0.25) is 4.79 Å². The number of aromatic nitrogens is 3. The SMILES string of the molecule is N#Cc1ccc(NCCNc2ncc(NC(=O)c3ccc(NCCO)cc3)cn2)nc1. The molecule has 0 saturated carbocycles. The predicted octanol–water partition coefficient (Wildman–Crippen LogP) is 1.92. The second kappa shape index (κ2) is 11.1. The van der Waals surface area contributed by atoms with Crippen LogP contribution in [-0.4, -0.2) is 52.2 Å². The van der Waals surface area contributed by atoms with E-state index in [0.29, 0.717) is 48.2 Å². The normalized spacial score (nSPS) is 10.1. The molecule has 158 valence electrons. The van der Waals surface area contributed by atoms with E-state index in [4.69, 9.17) is 10.4 Å². The number of carbonyl (C=O) groups is 1. The number of nitrogens with zero attached hydrogens (tertiary/aromatic N) is 4. The molecule has 2 aromatic heterocycles. The van der Waals surface area contributed by atoms with E-state index in [1.54, 1.807) is 36.4 Å². The monoisotopic (exact) mass is 418 g/mol. The van der Waals surface area contributed by atoms with Crippen molar-refractivity contribution in [1.82, 2.24) is 15.0 Å². The lowest BCUT2D eigenvalue weighted by atomic mass is 10.2. The van der Waals surface area contributed by atoms with Gasteiger partial charge in [0.2, 0.25) is 5.95 Å². The van der Waals surface area contributed by atoms with Crippen molar-refractivity contribution in [2.75, 3.05) is 47.5 Å². The minimum absolute atomic E-state index is 0.0396. The van der Waals surface area contributed by atoms with Gasteiger partial charge >= 0.3 is 0 Å². The third-order valence-corrected chi connectivity index (χ3v) is 4.10. The molecule has 3 aromatic rings. The summed E-state index contributed by atoms with van der Waals surface area (Å²) in [6.07, 6.45) is 4.56. The Bertz CT molecular complexity index is 1020. The summed E-state index contributed by atoms with van der Waals surface area (Å²) in [5.41, 5.74) is 2.32. The van der Waals surface area contributed by atoms with E-state index in [1.165, 1.54) is 18.6 Å². The van der Waals surface area contributed by atoms with Crippen LogP contribution in [0.1, 0.15) is 15.9 Å². The average molecular weight is 418 g/mol. The molecule has 5 N–H and O–H groups in total. The number of nitriles is 1. The van der Waals surface area contributed by atoms with Crippen LogP contribution in [0.25, 0.3) is 0 Å². The summed E-state index contributed by atoms with van der Waals surface area (Å²) < 4.78 is 0. The van der Waals surface area contributed by atoms with Crippen LogP contribution in [0.15, 0.2) is 55.0 Å². The second-order valence-electron chi connectivity index (χ2n) is 6.37. The van der Waals surface area contributed by atoms with Gasteiger partial charge in [-0.05, 0) is 36.4 Å². The molecular weight excluding hydrogens is 396 g/mol. The Morgan fingerprint density at radius 1 is 0.871 bits per heavy atom. The summed E-state index contributed by atoms with van der Waals surface area (Å²) in [6, 6.07) is 12.4. The van der Waals surface area contributed by atoms with Crippen LogP contribution >= 0.6 is 0 Å². The van der Waals surface area contributed by atoms with Crippen LogP contribution in [0.5, 0.6) is 0 Å². The predicted molar refractivity (Wildman–Crippen MR) is 118 cm³/mol. The molecule has 1 amide bonds. The summed E-state index contributed by atoms with van der Waals surface area (Å²) in [7, 11) is 0. The van der Waals surface area contributed by atoms with Crippen molar-refractivity contribution in [3.05, 3.63) is 66.1 Å². The van der Waals surface area contributed by atoms with Crippen molar-refractivity contribution in [1.29, 1.82) is 5.26 Å². The fraction of sp³-hybridized carbons (Fsp3) is 0.190. The third kappa shape index (κ3) is 6.66. The van der Waals surface area contributed by atoms with Crippen molar-refractivity contribution < 1.29 is 9.90 Å². The number of carbonyl (C=O) groups excluding carboxylic acids is 1. The molecule has 0 radical (unpaired) electrons. The maximum atomic E-state index is 12.3. The van der Waals surface area contributed by atoms with Gasteiger partial charge in [0.1, 0.15) is 11.9 Å². The summed E-state index contributed by atoms with van der Waals surface area (Å²) in [5.74, 6) is 0.848. The van der Waals surface area contributed by atoms with Crippen molar-refractivity contribution in [2.45, 2.75) is 0 Å². The van der Waals surface area contributed by atoms with Crippen LogP contribution in [0, 0.1) is 11.3 Å². The number of aliphatic hydroxyl groups is 1.